The lowest BCUT2D eigenvalue weighted by Gasteiger charge is -2.38. The molecule has 0 N–H and O–H groups in total. The van der Waals surface area contributed by atoms with Gasteiger partial charge in [0.05, 0.1) is 85.7 Å². The van der Waals surface area contributed by atoms with E-state index in [1.54, 1.807) is 12.1 Å². The first-order valence-electron chi connectivity index (χ1n) is 52.2. The van der Waals surface area contributed by atoms with Crippen molar-refractivity contribution in [1.29, 1.82) is 0 Å². The van der Waals surface area contributed by atoms with Crippen LogP contribution in [0.2, 0.25) is 0 Å². The molecule has 0 bridgehead atoms. The maximum Gasteiger partial charge on any atom is 0.252 e. The Hall–Kier alpha value is -15.6. The molecular formula is C118H79BN4. The van der Waals surface area contributed by atoms with Gasteiger partial charge in [-0.3, -0.25) is 0 Å². The van der Waals surface area contributed by atoms with Crippen molar-refractivity contribution in [2.24, 2.45) is 0 Å². The molecule has 25 rings (SSSR count). The van der Waals surface area contributed by atoms with Gasteiger partial charge in [-0.15, -0.1) is 0 Å². The van der Waals surface area contributed by atoms with Gasteiger partial charge in [-0.05, 0) is 174 Å². The minimum atomic E-state index is -1.83. The lowest BCUT2D eigenvalue weighted by Crippen LogP contribution is -2.60. The fourth-order valence-electron chi connectivity index (χ4n) is 19.9. The van der Waals surface area contributed by atoms with Gasteiger partial charge in [-0.25, -0.2) is 0 Å². The zero-order chi connectivity index (χ0) is 100. The highest BCUT2D eigenvalue weighted by atomic mass is 15.1. The highest BCUT2D eigenvalue weighted by Crippen LogP contribution is 2.52. The second kappa shape index (κ2) is 27.5. The predicted octanol–water partition coefficient (Wildman–Crippen LogP) is 29.4. The minimum Gasteiger partial charge on any atom is -0.309 e. The maximum atomic E-state index is 12.4. The average molecular weight is 1590 g/mol. The number of hydrogen-bond acceptors (Lipinski definition) is 0. The molecule has 0 aliphatic carbocycles. The standard InChI is InChI=1S/C118H79BN4/c1-118(2,3)78-72-107-113-108(73-78)123-115-96(61-35-63-98(115)110-81(76-40-12-6-13-41-76)58-33-59-82(110)77-42-14-7-15-43-77)88-49-19-17-45-84(88)86-47-21-23-55-94(86)112-106(121-103-66-30-26-52-91(103)92-53-27-31-67-104(92)121)71-69-100(117(112)123)119(113)99-68-70-105(120-101-64-28-24-50-89(101)90-51-25-29-65-102(90)120)111-93-54-22-20-46-85(93)83-44-16-18-48-87(83)95-60-34-62-97(114(95)122(107)116(99)111)109-79(74-36-8-4-9-37-74)56-32-57-80(109)75-38-10-5-11-39-75/h4-73H,1-3H3/i24D,25D,26D,27D,28D,29D,30D,31D,50D,51D,52D,53D,64D,65D,66D,67D,68D,69D,70D,71D,72D,73D. The van der Waals surface area contributed by atoms with Crippen molar-refractivity contribution in [2.45, 2.75) is 26.2 Å². The summed E-state index contributed by atoms with van der Waals surface area (Å²) < 4.78 is 239. The monoisotopic (exact) mass is 1580 g/mol. The summed E-state index contributed by atoms with van der Waals surface area (Å²) in [5.41, 5.74) is 5.83. The highest BCUT2D eigenvalue weighted by molar-refractivity contribution is 7.00. The molecule has 123 heavy (non-hydrogen) atoms. The Morgan fingerprint density at radius 2 is 0.496 bits per heavy atom. The third kappa shape index (κ3) is 10.5. The van der Waals surface area contributed by atoms with Crippen molar-refractivity contribution < 1.29 is 30.2 Å². The number of fused-ring (bicyclic) bond motifs is 24. The molecule has 2 aliphatic rings. The second-order valence-electron chi connectivity index (χ2n) is 32.6. The maximum absolute atomic E-state index is 12.4. The number of nitrogens with zero attached hydrogens (tertiary/aromatic N) is 4. The Labute approximate surface area is 743 Å². The normalized spacial score (nSPS) is 14.8. The molecule has 23 aromatic rings. The lowest BCUT2D eigenvalue weighted by atomic mass is 9.34. The van der Waals surface area contributed by atoms with Gasteiger partial charge in [0.1, 0.15) is 0 Å². The van der Waals surface area contributed by atoms with E-state index in [1.165, 1.54) is 9.13 Å². The summed E-state index contributed by atoms with van der Waals surface area (Å²) in [5.74, 6) is 0. The van der Waals surface area contributed by atoms with Crippen LogP contribution in [-0.4, -0.2) is 25.0 Å². The van der Waals surface area contributed by atoms with E-state index in [4.69, 9.17) is 0 Å². The van der Waals surface area contributed by atoms with Crippen LogP contribution < -0.4 is 16.4 Å². The van der Waals surface area contributed by atoms with E-state index in [-0.39, 0.29) is 133 Å². The van der Waals surface area contributed by atoms with E-state index in [9.17, 15) is 30.2 Å². The smallest absolute Gasteiger partial charge is 0.252 e. The fourth-order valence-corrected chi connectivity index (χ4v) is 19.9. The third-order valence-corrected chi connectivity index (χ3v) is 25.0. The van der Waals surface area contributed by atoms with Crippen molar-refractivity contribution in [1.82, 2.24) is 18.3 Å². The summed E-state index contributed by atoms with van der Waals surface area (Å²) in [5, 5.41) is 3.70. The Balaban J connectivity index is 1.07. The summed E-state index contributed by atoms with van der Waals surface area (Å²) in [4.78, 5) is 0. The first kappa shape index (κ1) is 51.7. The molecule has 4 nitrogen and oxygen atoms in total. The van der Waals surface area contributed by atoms with E-state index in [0.717, 1.165) is 44.5 Å². The number of aromatic nitrogens is 4. The van der Waals surface area contributed by atoms with E-state index in [1.807, 2.05) is 285 Å². The summed E-state index contributed by atoms with van der Waals surface area (Å²) in [6.07, 6.45) is 0. The molecule has 0 fully saturated rings. The summed E-state index contributed by atoms with van der Waals surface area (Å²) in [6, 6.07) is 79.8. The topological polar surface area (TPSA) is 19.7 Å². The minimum absolute atomic E-state index is 0.00229. The Morgan fingerprint density at radius 1 is 0.228 bits per heavy atom. The van der Waals surface area contributed by atoms with Crippen molar-refractivity contribution in [2.75, 3.05) is 0 Å². The largest absolute Gasteiger partial charge is 0.309 e. The molecule has 574 valence electrons. The van der Waals surface area contributed by atoms with Crippen LogP contribution in [0.3, 0.4) is 0 Å². The molecule has 4 aromatic heterocycles. The Bertz CT molecular complexity index is 9200. The SMILES string of the molecule is [2H]c1c2c3c(c([2H])c1C(C)(C)C)-n1c4c(-c5c(-c6ccccc6)cccc5-c5ccccc5)cccc4c4ccccc4c4ccccc4c4c(-n5c6c([2H])c([2H])c([2H])c([2H])c6c6c([2H])c([2H])c([2H])c([2H])c65)c([2H])c([2H])c(c41)B3c1c([2H])c([2H])c(-n3c4c([2H])c([2H])c([2H])c([2H])c4c4c([2H])c([2H])c([2H])c([2H])c43)c3c4ccccc4c4ccccc4c4cccc(-c5c(-c6ccccc6)cccc5-c5ccccc5)c4n-2c13. The molecule has 0 saturated carbocycles. The van der Waals surface area contributed by atoms with Crippen LogP contribution in [0.5, 0.6) is 0 Å². The Morgan fingerprint density at radius 3 is 0.821 bits per heavy atom. The van der Waals surface area contributed by atoms with Gasteiger partial charge in [0.15, 0.2) is 0 Å². The number of rotatable bonds is 8. The molecule has 0 amide bonds. The second-order valence-corrected chi connectivity index (χ2v) is 32.6. The van der Waals surface area contributed by atoms with Gasteiger partial charge < -0.3 is 18.3 Å². The average Bonchev–Trinajstić information content (AvgIpc) is 1.56. The van der Waals surface area contributed by atoms with Crippen LogP contribution in [-0.2, 0) is 5.41 Å². The molecule has 5 heteroatoms. The molecule has 19 aromatic carbocycles. The van der Waals surface area contributed by atoms with Gasteiger partial charge >= 0.3 is 0 Å². The zero-order valence-corrected chi connectivity index (χ0v) is 66.6. The van der Waals surface area contributed by atoms with Crippen molar-refractivity contribution in [3.8, 4) is 89.5 Å². The van der Waals surface area contributed by atoms with E-state index < -0.39 is 133 Å². The number of benzene rings is 19. The first-order chi connectivity index (χ1) is 70.0. The van der Waals surface area contributed by atoms with Crippen molar-refractivity contribution in [3.63, 3.8) is 0 Å². The molecule has 6 heterocycles. The van der Waals surface area contributed by atoms with Gasteiger partial charge in [0.2, 0.25) is 0 Å². The first-order valence-corrected chi connectivity index (χ1v) is 41.2. The van der Waals surface area contributed by atoms with E-state index in [2.05, 4.69) is 24.3 Å². The van der Waals surface area contributed by atoms with Crippen LogP contribution in [0.4, 0.5) is 0 Å². The van der Waals surface area contributed by atoms with Crippen LogP contribution in [0.25, 0.3) is 220 Å². The van der Waals surface area contributed by atoms with Gasteiger partial charge in [0.25, 0.3) is 6.71 Å². The van der Waals surface area contributed by atoms with Crippen LogP contribution in [0.15, 0.2) is 424 Å². The lowest BCUT2D eigenvalue weighted by molar-refractivity contribution is 0.589. The number of para-hydroxylation sites is 6. The molecule has 0 unspecified atom stereocenters. The van der Waals surface area contributed by atoms with Crippen molar-refractivity contribution in [3.05, 3.63) is 430 Å². The van der Waals surface area contributed by atoms with Gasteiger partial charge in [0, 0.05) is 65.6 Å². The molecular weight excluding hydrogens is 1480 g/mol. The van der Waals surface area contributed by atoms with E-state index in [0.29, 0.717) is 76.4 Å². The predicted molar refractivity (Wildman–Crippen MR) is 525 cm³/mol. The Kier molecular flexibility index (Phi) is 11.6. The van der Waals surface area contributed by atoms with Crippen LogP contribution in [0.1, 0.15) is 56.5 Å². The van der Waals surface area contributed by atoms with Crippen LogP contribution >= 0.6 is 0 Å². The molecule has 0 atom stereocenters. The number of hydrogen-bond donors (Lipinski definition) is 0. The summed E-state index contributed by atoms with van der Waals surface area (Å²) >= 11 is 0. The van der Waals surface area contributed by atoms with E-state index >= 15 is 0 Å². The summed E-state index contributed by atoms with van der Waals surface area (Å²) in [7, 11) is 0. The molecule has 0 spiro atoms. The van der Waals surface area contributed by atoms with Gasteiger partial charge in [-0.1, -0.05) is 397 Å². The summed E-state index contributed by atoms with van der Waals surface area (Å²) in [6.45, 7) is 3.95. The van der Waals surface area contributed by atoms with Crippen molar-refractivity contribution >= 4 is 153 Å². The molecule has 2 aliphatic heterocycles. The highest BCUT2D eigenvalue weighted by Gasteiger charge is 2.43. The third-order valence-electron chi connectivity index (χ3n) is 25.0. The molecule has 0 saturated heterocycles. The van der Waals surface area contributed by atoms with Gasteiger partial charge in [-0.2, -0.15) is 0 Å². The quantitative estimate of drug-likeness (QED) is 0.135. The van der Waals surface area contributed by atoms with Crippen LogP contribution in [0, 0.1) is 0 Å². The zero-order valence-electron chi connectivity index (χ0n) is 88.6. The fraction of sp³-hybridized carbons (Fsp3) is 0.0339. The molecule has 0 radical (unpaired) electrons.